The average molecular weight is 263 g/mol. The van der Waals surface area contributed by atoms with Gasteiger partial charge in [-0.15, -0.1) is 0 Å². The van der Waals surface area contributed by atoms with Gasteiger partial charge in [0.25, 0.3) is 0 Å². The molecule has 0 N–H and O–H groups in total. The van der Waals surface area contributed by atoms with E-state index in [9.17, 15) is 0 Å². The van der Waals surface area contributed by atoms with Crippen molar-refractivity contribution >= 4 is 5.69 Å². The van der Waals surface area contributed by atoms with E-state index in [2.05, 4.69) is 63.8 Å². The molecule has 19 heavy (non-hydrogen) atoms. The van der Waals surface area contributed by atoms with Crippen LogP contribution in [0.5, 0.6) is 0 Å². The first-order chi connectivity index (χ1) is 9.00. The SMILES string of the molecule is CC(C)C.CC(C)c1ccc(N2CCOCC2)cc1. The van der Waals surface area contributed by atoms with Gasteiger partial charge in [-0.3, -0.25) is 0 Å². The number of anilines is 1. The van der Waals surface area contributed by atoms with E-state index in [1.54, 1.807) is 0 Å². The van der Waals surface area contributed by atoms with E-state index in [0.717, 1.165) is 32.2 Å². The maximum Gasteiger partial charge on any atom is 0.0642 e. The fourth-order valence-electron chi connectivity index (χ4n) is 1.89. The average Bonchev–Trinajstić information content (AvgIpc) is 2.39. The second kappa shape index (κ2) is 8.21. The number of ether oxygens (including phenoxy) is 1. The van der Waals surface area contributed by atoms with Gasteiger partial charge in [0.05, 0.1) is 13.2 Å². The first-order valence-electron chi connectivity index (χ1n) is 7.43. The highest BCUT2D eigenvalue weighted by atomic mass is 16.5. The van der Waals surface area contributed by atoms with Crippen molar-refractivity contribution in [3.05, 3.63) is 29.8 Å². The molecular formula is C17H29NO. The van der Waals surface area contributed by atoms with Crippen LogP contribution in [0.2, 0.25) is 0 Å². The number of hydrogen-bond donors (Lipinski definition) is 0. The first kappa shape index (κ1) is 16.0. The van der Waals surface area contributed by atoms with Gasteiger partial charge in [0.1, 0.15) is 0 Å². The summed E-state index contributed by atoms with van der Waals surface area (Å²) in [5.41, 5.74) is 2.73. The van der Waals surface area contributed by atoms with Crippen molar-refractivity contribution in [1.29, 1.82) is 0 Å². The van der Waals surface area contributed by atoms with Crippen LogP contribution in [0.4, 0.5) is 5.69 Å². The lowest BCUT2D eigenvalue weighted by Crippen LogP contribution is -2.36. The summed E-state index contributed by atoms with van der Waals surface area (Å²) in [6, 6.07) is 8.91. The number of nitrogens with zero attached hydrogens (tertiary/aromatic N) is 1. The molecule has 0 aliphatic carbocycles. The highest BCUT2D eigenvalue weighted by Gasteiger charge is 2.10. The van der Waals surface area contributed by atoms with E-state index in [1.807, 2.05) is 0 Å². The smallest absolute Gasteiger partial charge is 0.0642 e. The van der Waals surface area contributed by atoms with Crippen LogP contribution < -0.4 is 4.90 Å². The molecule has 2 rings (SSSR count). The van der Waals surface area contributed by atoms with Crippen molar-refractivity contribution in [1.82, 2.24) is 0 Å². The molecule has 1 aliphatic heterocycles. The predicted octanol–water partition coefficient (Wildman–Crippen LogP) is 4.31. The van der Waals surface area contributed by atoms with Crippen LogP contribution >= 0.6 is 0 Å². The molecule has 1 aromatic rings. The Balaban J connectivity index is 0.000000399. The fourth-order valence-corrected chi connectivity index (χ4v) is 1.89. The van der Waals surface area contributed by atoms with Crippen molar-refractivity contribution in [2.24, 2.45) is 5.92 Å². The minimum absolute atomic E-state index is 0.615. The van der Waals surface area contributed by atoms with Gasteiger partial charge < -0.3 is 9.64 Å². The van der Waals surface area contributed by atoms with Gasteiger partial charge in [-0.1, -0.05) is 46.8 Å². The summed E-state index contributed by atoms with van der Waals surface area (Å²) in [5, 5.41) is 0. The van der Waals surface area contributed by atoms with Gasteiger partial charge >= 0.3 is 0 Å². The summed E-state index contributed by atoms with van der Waals surface area (Å²) >= 11 is 0. The molecule has 1 fully saturated rings. The predicted molar refractivity (Wildman–Crippen MR) is 84.1 cm³/mol. The molecule has 1 saturated heterocycles. The largest absolute Gasteiger partial charge is 0.378 e. The van der Waals surface area contributed by atoms with E-state index < -0.39 is 0 Å². The molecule has 0 amide bonds. The molecule has 0 spiro atoms. The van der Waals surface area contributed by atoms with Crippen molar-refractivity contribution < 1.29 is 4.74 Å². The normalized spacial score (nSPS) is 15.4. The van der Waals surface area contributed by atoms with E-state index >= 15 is 0 Å². The molecule has 1 aromatic carbocycles. The number of morpholine rings is 1. The zero-order valence-corrected chi connectivity index (χ0v) is 13.1. The van der Waals surface area contributed by atoms with E-state index in [0.29, 0.717) is 5.92 Å². The molecule has 0 aromatic heterocycles. The molecular weight excluding hydrogens is 234 g/mol. The minimum Gasteiger partial charge on any atom is -0.378 e. The Kier molecular flexibility index (Phi) is 6.93. The summed E-state index contributed by atoms with van der Waals surface area (Å²) < 4.78 is 5.34. The minimum atomic E-state index is 0.615. The van der Waals surface area contributed by atoms with Gasteiger partial charge in [0.2, 0.25) is 0 Å². The topological polar surface area (TPSA) is 12.5 Å². The summed E-state index contributed by atoms with van der Waals surface area (Å²) in [6.45, 7) is 14.7. The molecule has 2 heteroatoms. The molecule has 0 radical (unpaired) electrons. The monoisotopic (exact) mass is 263 g/mol. The van der Waals surface area contributed by atoms with Crippen molar-refractivity contribution in [3.8, 4) is 0 Å². The van der Waals surface area contributed by atoms with Crippen LogP contribution in [0.15, 0.2) is 24.3 Å². The van der Waals surface area contributed by atoms with Crippen LogP contribution in [-0.4, -0.2) is 26.3 Å². The molecule has 2 nitrogen and oxygen atoms in total. The number of hydrogen-bond acceptors (Lipinski definition) is 2. The summed E-state index contributed by atoms with van der Waals surface area (Å²) in [5.74, 6) is 1.45. The Morgan fingerprint density at radius 1 is 0.895 bits per heavy atom. The molecule has 1 aliphatic rings. The van der Waals surface area contributed by atoms with Gasteiger partial charge in [0, 0.05) is 18.8 Å². The summed E-state index contributed by atoms with van der Waals surface area (Å²) in [4.78, 5) is 2.38. The third kappa shape index (κ3) is 6.11. The van der Waals surface area contributed by atoms with Crippen molar-refractivity contribution in [2.75, 3.05) is 31.2 Å². The maximum absolute atomic E-state index is 5.34. The van der Waals surface area contributed by atoms with Crippen LogP contribution in [0.1, 0.15) is 46.1 Å². The van der Waals surface area contributed by atoms with Crippen LogP contribution in [0.25, 0.3) is 0 Å². The van der Waals surface area contributed by atoms with Crippen molar-refractivity contribution in [2.45, 2.75) is 40.5 Å². The lowest BCUT2D eigenvalue weighted by Gasteiger charge is -2.29. The van der Waals surface area contributed by atoms with Crippen molar-refractivity contribution in [3.63, 3.8) is 0 Å². The Labute approximate surface area is 118 Å². The second-order valence-corrected chi connectivity index (χ2v) is 6.08. The van der Waals surface area contributed by atoms with Gasteiger partial charge in [-0.25, -0.2) is 0 Å². The Hall–Kier alpha value is -1.02. The Morgan fingerprint density at radius 3 is 1.79 bits per heavy atom. The molecule has 0 bridgehead atoms. The standard InChI is InChI=1S/C13H19NO.C4H10/c1-11(2)12-3-5-13(6-4-12)14-7-9-15-10-8-14;1-4(2)3/h3-6,11H,7-10H2,1-2H3;4H,1-3H3. The van der Waals surface area contributed by atoms with Gasteiger partial charge in [0.15, 0.2) is 0 Å². The lowest BCUT2D eigenvalue weighted by atomic mass is 10.0. The molecule has 0 atom stereocenters. The van der Waals surface area contributed by atoms with Crippen LogP contribution in [0.3, 0.4) is 0 Å². The third-order valence-electron chi connectivity index (χ3n) is 2.94. The zero-order chi connectivity index (χ0) is 14.3. The highest BCUT2D eigenvalue weighted by molar-refractivity contribution is 5.48. The van der Waals surface area contributed by atoms with E-state index in [-0.39, 0.29) is 0 Å². The summed E-state index contributed by atoms with van der Waals surface area (Å²) in [6.07, 6.45) is 0. The van der Waals surface area contributed by atoms with E-state index in [4.69, 9.17) is 4.74 Å². The van der Waals surface area contributed by atoms with E-state index in [1.165, 1.54) is 11.3 Å². The zero-order valence-electron chi connectivity index (χ0n) is 13.1. The first-order valence-corrected chi connectivity index (χ1v) is 7.43. The summed E-state index contributed by atoms with van der Waals surface area (Å²) in [7, 11) is 0. The van der Waals surface area contributed by atoms with Gasteiger partial charge in [-0.05, 0) is 29.5 Å². The molecule has 0 saturated carbocycles. The number of rotatable bonds is 2. The third-order valence-corrected chi connectivity index (χ3v) is 2.94. The quantitative estimate of drug-likeness (QED) is 0.788. The number of benzene rings is 1. The molecule has 108 valence electrons. The van der Waals surface area contributed by atoms with Gasteiger partial charge in [-0.2, -0.15) is 0 Å². The maximum atomic E-state index is 5.34. The molecule has 1 heterocycles. The fraction of sp³-hybridized carbons (Fsp3) is 0.647. The highest BCUT2D eigenvalue weighted by Crippen LogP contribution is 2.20. The lowest BCUT2D eigenvalue weighted by molar-refractivity contribution is 0.122. The Morgan fingerprint density at radius 2 is 1.37 bits per heavy atom. The van der Waals surface area contributed by atoms with Crippen LogP contribution in [-0.2, 0) is 4.74 Å². The Bertz CT molecular complexity index is 334. The van der Waals surface area contributed by atoms with Crippen LogP contribution in [0, 0.1) is 5.92 Å². The molecule has 0 unspecified atom stereocenters. The second-order valence-electron chi connectivity index (χ2n) is 6.08.